The zero-order valence-electron chi connectivity index (χ0n) is 22.4. The van der Waals surface area contributed by atoms with Gasteiger partial charge in [-0.3, -0.25) is 9.59 Å². The molecule has 1 aliphatic carbocycles. The molecule has 0 bridgehead atoms. The quantitative estimate of drug-likeness (QED) is 0.311. The van der Waals surface area contributed by atoms with Crippen LogP contribution in [0.3, 0.4) is 0 Å². The van der Waals surface area contributed by atoms with E-state index >= 15 is 0 Å². The monoisotopic (exact) mass is 553 g/mol. The standard InChI is InChI=1S/C31H31N5O3S/c1-20-24(6-4-7-25(20)34-29(37)28-19-22-5-2-3-8-27(22)40-28)26-13-14-32-31(35-26)33-23-11-9-21(10-12-23)30(38)36-15-17-39-18-16-36/h4,6-7,9-14,19H,2-3,5,8,15-18H2,1H3,(H,34,37)(H,32,33,35). The predicted octanol–water partition coefficient (Wildman–Crippen LogP) is 5.86. The maximum Gasteiger partial charge on any atom is 0.265 e. The van der Waals surface area contributed by atoms with Crippen molar-refractivity contribution in [3.63, 3.8) is 0 Å². The van der Waals surface area contributed by atoms with E-state index in [-0.39, 0.29) is 11.8 Å². The van der Waals surface area contributed by atoms with E-state index in [9.17, 15) is 9.59 Å². The van der Waals surface area contributed by atoms with Crippen molar-refractivity contribution in [3.05, 3.63) is 87.2 Å². The van der Waals surface area contributed by atoms with Crippen molar-refractivity contribution in [2.75, 3.05) is 36.9 Å². The van der Waals surface area contributed by atoms with Crippen molar-refractivity contribution < 1.29 is 14.3 Å². The number of aryl methyl sites for hydroxylation is 2. The molecule has 0 unspecified atom stereocenters. The summed E-state index contributed by atoms with van der Waals surface area (Å²) in [5.74, 6) is 0.386. The number of nitrogens with one attached hydrogen (secondary N) is 2. The Bertz CT molecular complexity index is 1520. The molecule has 2 aliphatic rings. The van der Waals surface area contributed by atoms with E-state index in [0.717, 1.165) is 45.9 Å². The normalized spacial score (nSPS) is 14.9. The lowest BCUT2D eigenvalue weighted by molar-refractivity contribution is 0.0303. The predicted molar refractivity (Wildman–Crippen MR) is 158 cm³/mol. The van der Waals surface area contributed by atoms with E-state index in [1.54, 1.807) is 17.5 Å². The van der Waals surface area contributed by atoms with Crippen LogP contribution in [0.25, 0.3) is 11.3 Å². The third-order valence-corrected chi connectivity index (χ3v) is 8.66. The van der Waals surface area contributed by atoms with Crippen LogP contribution in [0.2, 0.25) is 0 Å². The van der Waals surface area contributed by atoms with Gasteiger partial charge in [0.15, 0.2) is 0 Å². The second-order valence-corrected chi connectivity index (χ2v) is 11.2. The Morgan fingerprint density at radius 3 is 2.60 bits per heavy atom. The van der Waals surface area contributed by atoms with Gasteiger partial charge in [-0.05, 0) is 86.2 Å². The van der Waals surface area contributed by atoms with Crippen LogP contribution in [0.5, 0.6) is 0 Å². The Morgan fingerprint density at radius 2 is 1.80 bits per heavy atom. The van der Waals surface area contributed by atoms with E-state index in [4.69, 9.17) is 9.72 Å². The molecule has 1 saturated heterocycles. The molecule has 2 amide bonds. The molecule has 1 fully saturated rings. The van der Waals surface area contributed by atoms with Crippen LogP contribution < -0.4 is 10.6 Å². The third-order valence-electron chi connectivity index (χ3n) is 7.42. The summed E-state index contributed by atoms with van der Waals surface area (Å²) in [6.07, 6.45) is 6.24. The Morgan fingerprint density at radius 1 is 1.00 bits per heavy atom. The number of benzene rings is 2. The van der Waals surface area contributed by atoms with Crippen LogP contribution in [0, 0.1) is 6.92 Å². The number of anilines is 3. The largest absolute Gasteiger partial charge is 0.378 e. The van der Waals surface area contributed by atoms with Gasteiger partial charge in [0.1, 0.15) is 0 Å². The zero-order chi connectivity index (χ0) is 27.5. The molecule has 2 aromatic carbocycles. The Kier molecular flexibility index (Phi) is 7.57. The number of hydrogen-bond donors (Lipinski definition) is 2. The Hall–Kier alpha value is -4.08. The van der Waals surface area contributed by atoms with Crippen LogP contribution in [-0.4, -0.2) is 53.0 Å². The lowest BCUT2D eigenvalue weighted by atomic mass is 9.99. The highest BCUT2D eigenvalue weighted by Crippen LogP contribution is 2.32. The number of aromatic nitrogens is 2. The summed E-state index contributed by atoms with van der Waals surface area (Å²) in [7, 11) is 0. The SMILES string of the molecule is Cc1c(NC(=O)c2cc3c(s2)CCCC3)cccc1-c1ccnc(Nc2ccc(C(=O)N3CCOCC3)cc2)n1. The first kappa shape index (κ1) is 26.2. The fraction of sp³-hybridized carbons (Fsp3) is 0.290. The number of carbonyl (C=O) groups is 2. The topological polar surface area (TPSA) is 96.5 Å². The lowest BCUT2D eigenvalue weighted by Crippen LogP contribution is -2.40. The highest BCUT2D eigenvalue weighted by molar-refractivity contribution is 7.14. The molecule has 0 atom stereocenters. The van der Waals surface area contributed by atoms with Gasteiger partial charge in [0.2, 0.25) is 5.95 Å². The van der Waals surface area contributed by atoms with Gasteiger partial charge in [-0.1, -0.05) is 12.1 Å². The molecule has 6 rings (SSSR count). The molecule has 0 spiro atoms. The molecule has 3 heterocycles. The van der Waals surface area contributed by atoms with Crippen LogP contribution in [0.4, 0.5) is 17.3 Å². The summed E-state index contributed by atoms with van der Waals surface area (Å²) in [5, 5.41) is 6.35. The molecule has 9 heteroatoms. The summed E-state index contributed by atoms with van der Waals surface area (Å²) >= 11 is 1.61. The van der Waals surface area contributed by atoms with E-state index in [1.807, 2.05) is 60.4 Å². The van der Waals surface area contributed by atoms with Gasteiger partial charge in [-0.2, -0.15) is 0 Å². The molecule has 4 aromatic rings. The first-order valence-corrected chi connectivity index (χ1v) is 14.5. The highest BCUT2D eigenvalue weighted by atomic mass is 32.1. The minimum absolute atomic E-state index is 0.00854. The smallest absolute Gasteiger partial charge is 0.265 e. The fourth-order valence-corrected chi connectivity index (χ4v) is 6.33. The molecule has 2 aromatic heterocycles. The summed E-state index contributed by atoms with van der Waals surface area (Å²) in [6, 6.07) is 17.1. The van der Waals surface area contributed by atoms with Crippen molar-refractivity contribution in [1.29, 1.82) is 0 Å². The first-order chi connectivity index (χ1) is 19.5. The van der Waals surface area contributed by atoms with E-state index < -0.39 is 0 Å². The zero-order valence-corrected chi connectivity index (χ0v) is 23.2. The number of amides is 2. The third kappa shape index (κ3) is 5.61. The molecule has 1 aliphatic heterocycles. The fourth-order valence-electron chi connectivity index (χ4n) is 5.18. The molecular formula is C31H31N5O3S. The molecule has 2 N–H and O–H groups in total. The van der Waals surface area contributed by atoms with Gasteiger partial charge in [-0.15, -0.1) is 11.3 Å². The number of carbonyl (C=O) groups excluding carboxylic acids is 2. The first-order valence-electron chi connectivity index (χ1n) is 13.7. The highest BCUT2D eigenvalue weighted by Gasteiger charge is 2.20. The molecule has 0 saturated carbocycles. The molecule has 8 nitrogen and oxygen atoms in total. The van der Waals surface area contributed by atoms with Gasteiger partial charge < -0.3 is 20.3 Å². The summed E-state index contributed by atoms with van der Waals surface area (Å²) in [4.78, 5) is 38.8. The van der Waals surface area contributed by atoms with Crippen molar-refractivity contribution in [3.8, 4) is 11.3 Å². The molecule has 204 valence electrons. The van der Waals surface area contributed by atoms with Crippen LogP contribution in [0.1, 0.15) is 48.9 Å². The minimum Gasteiger partial charge on any atom is -0.378 e. The number of rotatable bonds is 6. The number of fused-ring (bicyclic) bond motifs is 1. The van der Waals surface area contributed by atoms with E-state index in [1.165, 1.54) is 23.3 Å². The van der Waals surface area contributed by atoms with Crippen LogP contribution >= 0.6 is 11.3 Å². The lowest BCUT2D eigenvalue weighted by Gasteiger charge is -2.26. The van der Waals surface area contributed by atoms with Gasteiger partial charge in [-0.25, -0.2) is 9.97 Å². The van der Waals surface area contributed by atoms with Crippen molar-refractivity contribution in [1.82, 2.24) is 14.9 Å². The van der Waals surface area contributed by atoms with Gasteiger partial charge in [0, 0.05) is 46.7 Å². The van der Waals surface area contributed by atoms with E-state index in [2.05, 4.69) is 21.7 Å². The van der Waals surface area contributed by atoms with Gasteiger partial charge in [0.25, 0.3) is 11.8 Å². The van der Waals surface area contributed by atoms with Crippen molar-refractivity contribution >= 4 is 40.5 Å². The number of nitrogens with zero attached hydrogens (tertiary/aromatic N) is 3. The number of thiophene rings is 1. The maximum atomic E-state index is 13.1. The van der Waals surface area contributed by atoms with Gasteiger partial charge >= 0.3 is 0 Å². The number of hydrogen-bond acceptors (Lipinski definition) is 7. The summed E-state index contributed by atoms with van der Waals surface area (Å²) < 4.78 is 5.34. The summed E-state index contributed by atoms with van der Waals surface area (Å²) in [6.45, 7) is 4.36. The minimum atomic E-state index is -0.0692. The maximum absolute atomic E-state index is 13.1. The van der Waals surface area contributed by atoms with Gasteiger partial charge in [0.05, 0.1) is 23.8 Å². The van der Waals surface area contributed by atoms with Crippen molar-refractivity contribution in [2.24, 2.45) is 0 Å². The van der Waals surface area contributed by atoms with Crippen LogP contribution in [0.15, 0.2) is 60.8 Å². The second kappa shape index (κ2) is 11.6. The van der Waals surface area contributed by atoms with E-state index in [0.29, 0.717) is 37.8 Å². The van der Waals surface area contributed by atoms with Crippen molar-refractivity contribution in [2.45, 2.75) is 32.6 Å². The molecule has 0 radical (unpaired) electrons. The average Bonchev–Trinajstić information content (AvgIpc) is 3.44. The second-order valence-electron chi connectivity index (χ2n) is 10.1. The van der Waals surface area contributed by atoms with Crippen LogP contribution in [-0.2, 0) is 17.6 Å². The summed E-state index contributed by atoms with van der Waals surface area (Å²) in [5.41, 5.74) is 6.12. The number of morpholine rings is 1. The molecule has 40 heavy (non-hydrogen) atoms. The molecular weight excluding hydrogens is 522 g/mol. The Balaban J connectivity index is 1.16. The Labute approximate surface area is 237 Å². The average molecular weight is 554 g/mol. The number of ether oxygens (including phenoxy) is 1.